The highest BCUT2D eigenvalue weighted by Crippen LogP contribution is 2.23. The largest absolute Gasteiger partial charge is 0.476 e. The summed E-state index contributed by atoms with van der Waals surface area (Å²) in [5, 5.41) is 25.6. The second-order valence-electron chi connectivity index (χ2n) is 5.45. The van der Waals surface area contributed by atoms with E-state index < -0.39 is 5.97 Å². The summed E-state index contributed by atoms with van der Waals surface area (Å²) in [6, 6.07) is -0.0540. The Morgan fingerprint density at radius 3 is 2.43 bits per heavy atom. The molecule has 0 spiro atoms. The maximum atomic E-state index is 12.2. The summed E-state index contributed by atoms with van der Waals surface area (Å²) in [5.41, 5.74) is -0.0928. The van der Waals surface area contributed by atoms with Crippen LogP contribution in [0.4, 0.5) is 4.79 Å². The summed E-state index contributed by atoms with van der Waals surface area (Å²) in [7, 11) is 0. The second-order valence-corrected chi connectivity index (χ2v) is 5.45. The third kappa shape index (κ3) is 2.68. The average molecular weight is 295 g/mol. The van der Waals surface area contributed by atoms with Gasteiger partial charge in [0.1, 0.15) is 0 Å². The minimum atomic E-state index is -1.11. The van der Waals surface area contributed by atoms with Crippen LogP contribution in [0.2, 0.25) is 0 Å². The van der Waals surface area contributed by atoms with Crippen LogP contribution in [0.15, 0.2) is 6.20 Å². The van der Waals surface area contributed by atoms with Gasteiger partial charge in [0, 0.05) is 26.2 Å². The molecule has 9 heteroatoms. The lowest BCUT2D eigenvalue weighted by molar-refractivity contribution is 0.0573. The number of nitrogens with zero attached hydrogens (tertiary/aromatic N) is 5. The van der Waals surface area contributed by atoms with Gasteiger partial charge in [0.15, 0.2) is 5.69 Å². The summed E-state index contributed by atoms with van der Waals surface area (Å²) in [6.45, 7) is 2.15. The van der Waals surface area contributed by atoms with Crippen LogP contribution in [0, 0.1) is 0 Å². The highest BCUT2D eigenvalue weighted by molar-refractivity contribution is 5.84. The van der Waals surface area contributed by atoms with E-state index in [4.69, 9.17) is 5.11 Å². The molecule has 2 saturated heterocycles. The van der Waals surface area contributed by atoms with Crippen LogP contribution in [-0.4, -0.2) is 79.3 Å². The van der Waals surface area contributed by atoms with E-state index in [1.165, 1.54) is 10.9 Å². The van der Waals surface area contributed by atoms with Gasteiger partial charge in [-0.25, -0.2) is 14.3 Å². The fourth-order valence-electron chi connectivity index (χ4n) is 2.59. The smallest absolute Gasteiger partial charge is 0.358 e. The van der Waals surface area contributed by atoms with Gasteiger partial charge < -0.3 is 20.0 Å². The Hall–Kier alpha value is -2.16. The molecule has 0 unspecified atom stereocenters. The molecule has 0 atom stereocenters. The lowest BCUT2D eigenvalue weighted by Gasteiger charge is -2.42. The van der Waals surface area contributed by atoms with E-state index in [0.29, 0.717) is 39.0 Å². The van der Waals surface area contributed by atoms with Gasteiger partial charge in [0.25, 0.3) is 0 Å². The predicted molar refractivity (Wildman–Crippen MR) is 69.8 cm³/mol. The van der Waals surface area contributed by atoms with Crippen LogP contribution in [-0.2, 0) is 0 Å². The molecule has 3 heterocycles. The van der Waals surface area contributed by atoms with Gasteiger partial charge in [-0.05, 0) is 12.8 Å². The van der Waals surface area contributed by atoms with Crippen LogP contribution >= 0.6 is 0 Å². The summed E-state index contributed by atoms with van der Waals surface area (Å²) < 4.78 is 1.49. The van der Waals surface area contributed by atoms with Crippen molar-refractivity contribution in [3.05, 3.63) is 11.9 Å². The minimum Gasteiger partial charge on any atom is -0.476 e. The Morgan fingerprint density at radius 1 is 1.19 bits per heavy atom. The van der Waals surface area contributed by atoms with Gasteiger partial charge in [0.05, 0.1) is 18.3 Å². The number of hydrogen-bond donors (Lipinski definition) is 2. The van der Waals surface area contributed by atoms with E-state index in [2.05, 4.69) is 10.3 Å². The van der Waals surface area contributed by atoms with E-state index in [-0.39, 0.29) is 23.9 Å². The first-order valence-electron chi connectivity index (χ1n) is 6.91. The van der Waals surface area contributed by atoms with Crippen LogP contribution in [0.3, 0.4) is 0 Å². The Bertz CT molecular complexity index is 546. The highest BCUT2D eigenvalue weighted by Gasteiger charge is 2.36. The molecule has 0 aromatic carbocycles. The van der Waals surface area contributed by atoms with Gasteiger partial charge in [-0.1, -0.05) is 5.21 Å². The molecule has 0 bridgehead atoms. The number of carboxylic acids is 1. The molecular weight excluding hydrogens is 278 g/mol. The van der Waals surface area contributed by atoms with Crippen LogP contribution in [0.1, 0.15) is 29.4 Å². The zero-order valence-corrected chi connectivity index (χ0v) is 11.4. The number of urea groups is 1. The number of aromatic nitrogens is 3. The second kappa shape index (κ2) is 5.32. The molecule has 114 valence electrons. The minimum absolute atomic E-state index is 0.0232. The van der Waals surface area contributed by atoms with Crippen molar-refractivity contribution in [3.63, 3.8) is 0 Å². The van der Waals surface area contributed by atoms with Crippen LogP contribution < -0.4 is 0 Å². The van der Waals surface area contributed by atoms with Crippen molar-refractivity contribution >= 4 is 12.0 Å². The number of hydrogen-bond acceptors (Lipinski definition) is 5. The maximum absolute atomic E-state index is 12.2. The van der Waals surface area contributed by atoms with Crippen molar-refractivity contribution in [1.82, 2.24) is 24.8 Å². The van der Waals surface area contributed by atoms with Crippen molar-refractivity contribution in [1.29, 1.82) is 0 Å². The number of rotatable bonds is 2. The van der Waals surface area contributed by atoms with Crippen LogP contribution in [0.5, 0.6) is 0 Å². The summed E-state index contributed by atoms with van der Waals surface area (Å²) in [5.74, 6) is -1.11. The van der Waals surface area contributed by atoms with Gasteiger partial charge in [-0.2, -0.15) is 0 Å². The fraction of sp³-hybridized carbons (Fsp3) is 0.667. The first-order chi connectivity index (χ1) is 10.0. The lowest BCUT2D eigenvalue weighted by Crippen LogP contribution is -2.56. The number of aliphatic hydroxyl groups excluding tert-OH is 1. The number of carbonyl (C=O) groups excluding carboxylic acids is 1. The standard InChI is InChI=1S/C12H17N5O4/c18-9-1-3-15(4-2-9)12(21)16-5-8(6-16)17-7-10(11(19)20)13-14-17/h7-9,18H,1-6H2,(H,19,20). The first kappa shape index (κ1) is 13.8. The van der Waals surface area contributed by atoms with Crippen molar-refractivity contribution in [2.24, 2.45) is 0 Å². The molecule has 1 aromatic heterocycles. The Morgan fingerprint density at radius 2 is 1.86 bits per heavy atom. The Kier molecular flexibility index (Phi) is 3.50. The number of carbonyl (C=O) groups is 2. The number of aromatic carboxylic acids is 1. The lowest BCUT2D eigenvalue weighted by atomic mass is 10.1. The van der Waals surface area contributed by atoms with Crippen molar-refractivity contribution in [2.45, 2.75) is 25.0 Å². The molecule has 2 aliphatic heterocycles. The number of piperidine rings is 1. The third-order valence-corrected chi connectivity index (χ3v) is 3.97. The zero-order valence-electron chi connectivity index (χ0n) is 11.4. The van der Waals surface area contributed by atoms with Crippen molar-refractivity contribution in [2.75, 3.05) is 26.2 Å². The van der Waals surface area contributed by atoms with Crippen molar-refractivity contribution in [3.8, 4) is 0 Å². The maximum Gasteiger partial charge on any atom is 0.358 e. The number of carboxylic acid groups (broad SMARTS) is 1. The van der Waals surface area contributed by atoms with E-state index >= 15 is 0 Å². The summed E-state index contributed by atoms with van der Waals surface area (Å²) in [4.78, 5) is 26.4. The van der Waals surface area contributed by atoms with Gasteiger partial charge >= 0.3 is 12.0 Å². The molecule has 21 heavy (non-hydrogen) atoms. The molecule has 2 N–H and O–H groups in total. The van der Waals surface area contributed by atoms with Crippen LogP contribution in [0.25, 0.3) is 0 Å². The number of amides is 2. The van der Waals surface area contributed by atoms with Gasteiger partial charge in [-0.15, -0.1) is 5.10 Å². The van der Waals surface area contributed by atoms with E-state index in [0.717, 1.165) is 0 Å². The molecule has 9 nitrogen and oxygen atoms in total. The molecular formula is C12H17N5O4. The molecule has 2 fully saturated rings. The Balaban J connectivity index is 1.53. The molecule has 0 aliphatic carbocycles. The summed E-state index contributed by atoms with van der Waals surface area (Å²) in [6.07, 6.45) is 2.32. The van der Waals surface area contributed by atoms with Crippen molar-refractivity contribution < 1.29 is 19.8 Å². The predicted octanol–water partition coefficient (Wildman–Crippen LogP) is -0.590. The summed E-state index contributed by atoms with van der Waals surface area (Å²) >= 11 is 0. The number of likely N-dealkylation sites (tertiary alicyclic amines) is 2. The van der Waals surface area contributed by atoms with E-state index in [1.54, 1.807) is 9.80 Å². The molecule has 0 saturated carbocycles. The van der Waals surface area contributed by atoms with E-state index in [1.807, 2.05) is 0 Å². The fourth-order valence-corrected chi connectivity index (χ4v) is 2.59. The molecule has 2 amide bonds. The van der Waals surface area contributed by atoms with Gasteiger partial charge in [0.2, 0.25) is 0 Å². The quantitative estimate of drug-likeness (QED) is 0.754. The number of aliphatic hydroxyl groups is 1. The topological polar surface area (TPSA) is 112 Å². The average Bonchev–Trinajstić information content (AvgIpc) is 2.87. The van der Waals surface area contributed by atoms with E-state index in [9.17, 15) is 14.7 Å². The monoisotopic (exact) mass is 295 g/mol. The molecule has 0 radical (unpaired) electrons. The normalized spacial score (nSPS) is 20.4. The zero-order chi connectivity index (χ0) is 15.0. The molecule has 2 aliphatic rings. The van der Waals surface area contributed by atoms with Gasteiger partial charge in [-0.3, -0.25) is 0 Å². The molecule has 1 aromatic rings. The SMILES string of the molecule is O=C(O)c1cn(C2CN(C(=O)N3CCC(O)CC3)C2)nn1. The first-order valence-corrected chi connectivity index (χ1v) is 6.91. The third-order valence-electron chi connectivity index (χ3n) is 3.97. The highest BCUT2D eigenvalue weighted by atomic mass is 16.4. The Labute approximate surface area is 120 Å². The molecule has 3 rings (SSSR count).